The molecule has 5 nitrogen and oxygen atoms in total. The van der Waals surface area contributed by atoms with Crippen LogP contribution >= 0.6 is 11.6 Å². The van der Waals surface area contributed by atoms with Crippen LogP contribution in [0.4, 0.5) is 4.39 Å². The molecule has 0 aliphatic carbocycles. The second-order valence-corrected chi connectivity index (χ2v) is 8.38. The zero-order valence-electron chi connectivity index (χ0n) is 16.0. The molecule has 2 aromatic carbocycles. The lowest BCUT2D eigenvalue weighted by Crippen LogP contribution is -2.51. The number of hydrogen-bond donors (Lipinski definition) is 1. The van der Waals surface area contributed by atoms with Crippen LogP contribution in [-0.4, -0.2) is 30.4 Å². The molecule has 2 N–H and O–H groups in total. The molecule has 2 atom stereocenters. The molecule has 3 heterocycles. The molecule has 29 heavy (non-hydrogen) atoms. The van der Waals surface area contributed by atoms with E-state index in [1.165, 1.54) is 6.07 Å². The number of nitrogens with zero attached hydrogens (tertiary/aromatic N) is 2. The Morgan fingerprint density at radius 3 is 2.62 bits per heavy atom. The summed E-state index contributed by atoms with van der Waals surface area (Å²) in [6, 6.07) is 10.5. The summed E-state index contributed by atoms with van der Waals surface area (Å²) in [6.07, 6.45) is 2.38. The first-order valence-electron chi connectivity index (χ1n) is 9.69. The third-order valence-electron chi connectivity index (χ3n) is 5.87. The molecule has 0 bridgehead atoms. The fraction of sp³-hybridized carbons (Fsp3) is 0.364. The lowest BCUT2D eigenvalue weighted by atomic mass is 9.79. The zero-order chi connectivity index (χ0) is 20.2. The number of amidine groups is 1. The molecule has 2 spiro atoms. The first-order chi connectivity index (χ1) is 13.9. The summed E-state index contributed by atoms with van der Waals surface area (Å²) in [5, 5.41) is 0.0847. The van der Waals surface area contributed by atoms with Gasteiger partial charge in [0.2, 0.25) is 0 Å². The first-order valence-corrected chi connectivity index (χ1v) is 10.1. The summed E-state index contributed by atoms with van der Waals surface area (Å²) in [5.74, 6) is 0.731. The molecule has 1 fully saturated rings. The van der Waals surface area contributed by atoms with Crippen LogP contribution < -0.4 is 10.5 Å². The van der Waals surface area contributed by atoms with E-state index in [0.29, 0.717) is 18.9 Å². The van der Waals surface area contributed by atoms with E-state index in [0.717, 1.165) is 47.6 Å². The highest BCUT2D eigenvalue weighted by molar-refractivity contribution is 6.41. The van der Waals surface area contributed by atoms with Crippen LogP contribution in [0.15, 0.2) is 46.4 Å². The zero-order valence-corrected chi connectivity index (χ0v) is 16.8. The van der Waals surface area contributed by atoms with Gasteiger partial charge in [-0.25, -0.2) is 9.38 Å². The quantitative estimate of drug-likeness (QED) is 0.750. The highest BCUT2D eigenvalue weighted by atomic mass is 35.5. The molecule has 0 unspecified atom stereocenters. The van der Waals surface area contributed by atoms with Crippen LogP contribution in [0.5, 0.6) is 5.75 Å². The van der Waals surface area contributed by atoms with Crippen LogP contribution in [0.1, 0.15) is 31.7 Å². The van der Waals surface area contributed by atoms with E-state index in [1.807, 2.05) is 25.1 Å². The van der Waals surface area contributed by atoms with Gasteiger partial charge in [0, 0.05) is 18.6 Å². The monoisotopic (exact) mass is 413 g/mol. The minimum atomic E-state index is -0.831. The molecule has 150 valence electrons. The molecule has 3 aliphatic rings. The van der Waals surface area contributed by atoms with Crippen molar-refractivity contribution in [2.75, 3.05) is 13.2 Å². The number of nitrogens with two attached hydrogens (primary N) is 1. The number of halogens is 2. The molecule has 0 saturated carbocycles. The van der Waals surface area contributed by atoms with Gasteiger partial charge >= 0.3 is 0 Å². The summed E-state index contributed by atoms with van der Waals surface area (Å²) in [7, 11) is 0. The third-order valence-corrected chi connectivity index (χ3v) is 6.16. The second-order valence-electron chi connectivity index (χ2n) is 7.97. The summed E-state index contributed by atoms with van der Waals surface area (Å²) in [4.78, 5) is 9.67. The molecule has 2 aromatic rings. The first kappa shape index (κ1) is 18.6. The van der Waals surface area contributed by atoms with Crippen LogP contribution in [0.25, 0.3) is 11.1 Å². The highest BCUT2D eigenvalue weighted by Gasteiger charge is 2.52. The molecule has 1 saturated heterocycles. The van der Waals surface area contributed by atoms with E-state index >= 15 is 0 Å². The van der Waals surface area contributed by atoms with E-state index in [2.05, 4.69) is 0 Å². The van der Waals surface area contributed by atoms with E-state index in [1.54, 1.807) is 12.1 Å². The van der Waals surface area contributed by atoms with Gasteiger partial charge in [-0.2, -0.15) is 0 Å². The maximum atomic E-state index is 13.6. The maximum absolute atomic E-state index is 13.6. The van der Waals surface area contributed by atoms with Crippen molar-refractivity contribution in [1.82, 2.24) is 0 Å². The summed E-state index contributed by atoms with van der Waals surface area (Å²) in [5.41, 5.74) is 8.11. The number of aliphatic imine (C=N–C) groups is 2. The molecular formula is C22H21ClFN3O2. The maximum Gasteiger partial charge on any atom is 0.185 e. The number of benzene rings is 2. The Labute approximate surface area is 173 Å². The van der Waals surface area contributed by atoms with Crippen molar-refractivity contribution in [1.29, 1.82) is 0 Å². The van der Waals surface area contributed by atoms with Gasteiger partial charge < -0.3 is 15.2 Å². The van der Waals surface area contributed by atoms with Gasteiger partial charge in [-0.05, 0) is 55.2 Å². The van der Waals surface area contributed by atoms with E-state index in [9.17, 15) is 4.39 Å². The summed E-state index contributed by atoms with van der Waals surface area (Å²) < 4.78 is 25.8. The SMILES string of the molecule is CC1=N[C@]2(C[C@@]3(CCCOC3)Oc3ccc(-c4ccc(F)c(Cl)c4)cc32)N=C1N. The predicted octanol–water partition coefficient (Wildman–Crippen LogP) is 4.46. The van der Waals surface area contributed by atoms with Crippen molar-refractivity contribution in [2.24, 2.45) is 15.7 Å². The summed E-state index contributed by atoms with van der Waals surface area (Å²) >= 11 is 5.99. The highest BCUT2D eigenvalue weighted by Crippen LogP contribution is 2.51. The van der Waals surface area contributed by atoms with Crippen LogP contribution in [0, 0.1) is 5.82 Å². The Morgan fingerprint density at radius 2 is 1.93 bits per heavy atom. The van der Waals surface area contributed by atoms with Crippen molar-refractivity contribution >= 4 is 23.1 Å². The van der Waals surface area contributed by atoms with E-state index in [-0.39, 0.29) is 5.02 Å². The van der Waals surface area contributed by atoms with Gasteiger partial charge in [-0.1, -0.05) is 23.7 Å². The number of hydrogen-bond acceptors (Lipinski definition) is 5. The van der Waals surface area contributed by atoms with Crippen molar-refractivity contribution < 1.29 is 13.9 Å². The smallest absolute Gasteiger partial charge is 0.185 e. The average molecular weight is 414 g/mol. The summed E-state index contributed by atoms with van der Waals surface area (Å²) in [6.45, 7) is 3.12. The Morgan fingerprint density at radius 1 is 1.14 bits per heavy atom. The van der Waals surface area contributed by atoms with Crippen molar-refractivity contribution in [3.63, 3.8) is 0 Å². The topological polar surface area (TPSA) is 69.2 Å². The van der Waals surface area contributed by atoms with Gasteiger partial charge in [0.25, 0.3) is 0 Å². The average Bonchev–Trinajstić information content (AvgIpc) is 2.98. The molecule has 0 aromatic heterocycles. The normalized spacial score (nSPS) is 28.1. The second kappa shape index (κ2) is 6.54. The Hall–Kier alpha value is -2.44. The van der Waals surface area contributed by atoms with Crippen LogP contribution in [-0.2, 0) is 10.4 Å². The van der Waals surface area contributed by atoms with Gasteiger partial charge in [0.1, 0.15) is 23.0 Å². The largest absolute Gasteiger partial charge is 0.484 e. The van der Waals surface area contributed by atoms with Gasteiger partial charge in [-0.3, -0.25) is 4.99 Å². The molecule has 0 amide bonds. The minimum Gasteiger partial charge on any atom is -0.484 e. The van der Waals surface area contributed by atoms with E-state index < -0.39 is 17.1 Å². The molecule has 5 rings (SSSR count). The van der Waals surface area contributed by atoms with Gasteiger partial charge in [0.15, 0.2) is 5.66 Å². The van der Waals surface area contributed by atoms with Gasteiger partial charge in [-0.15, -0.1) is 0 Å². The minimum absolute atomic E-state index is 0.0847. The third kappa shape index (κ3) is 3.02. The van der Waals surface area contributed by atoms with Crippen molar-refractivity contribution in [3.8, 4) is 16.9 Å². The Balaban J connectivity index is 1.66. The molecule has 7 heteroatoms. The standard InChI is InChI=1S/C22H21ClFN3O2/c1-13-20(25)27-22(26-13)11-21(7-2-8-28-12-21)29-19-6-4-14(9-16(19)22)15-3-5-18(24)17(23)10-15/h3-6,9-10H,2,7-8,11-12H2,1H3,(H2,25,27)/t21-,22-/m1/s1. The van der Waals surface area contributed by atoms with Gasteiger partial charge in [0.05, 0.1) is 17.3 Å². The Kier molecular flexibility index (Phi) is 4.19. The Bertz CT molecular complexity index is 1040. The van der Waals surface area contributed by atoms with E-state index in [4.69, 9.17) is 36.8 Å². The number of rotatable bonds is 1. The number of fused-ring (bicyclic) bond motifs is 2. The molecule has 0 radical (unpaired) electrons. The fourth-order valence-electron chi connectivity index (χ4n) is 4.49. The lowest BCUT2D eigenvalue weighted by Gasteiger charge is -2.46. The molecule has 3 aliphatic heterocycles. The van der Waals surface area contributed by atoms with Crippen molar-refractivity contribution in [3.05, 3.63) is 52.8 Å². The molecular weight excluding hydrogens is 393 g/mol. The lowest BCUT2D eigenvalue weighted by molar-refractivity contribution is -0.0927. The fourth-order valence-corrected chi connectivity index (χ4v) is 4.67. The number of ether oxygens (including phenoxy) is 2. The van der Waals surface area contributed by atoms with Crippen molar-refractivity contribution in [2.45, 2.75) is 37.5 Å². The van der Waals surface area contributed by atoms with Crippen LogP contribution in [0.3, 0.4) is 0 Å². The van der Waals surface area contributed by atoms with Crippen LogP contribution in [0.2, 0.25) is 5.02 Å². The predicted molar refractivity (Wildman–Crippen MR) is 111 cm³/mol.